The Morgan fingerprint density at radius 3 is 2.43 bits per heavy atom. The highest BCUT2D eigenvalue weighted by Crippen LogP contribution is 2.32. The molecule has 0 aromatic heterocycles. The van der Waals surface area contributed by atoms with Crippen LogP contribution >= 0.6 is 11.6 Å². The molecule has 0 radical (unpaired) electrons. The molecule has 2 aromatic rings. The fourth-order valence-electron chi connectivity index (χ4n) is 3.04. The summed E-state index contributed by atoms with van der Waals surface area (Å²) in [5.74, 6) is -0.447. The third kappa shape index (κ3) is 4.16. The van der Waals surface area contributed by atoms with Gasteiger partial charge in [0.15, 0.2) is 11.5 Å². The molecule has 2 aromatic carbocycles. The Hall–Kier alpha value is -3.32. The molecule has 30 heavy (non-hydrogen) atoms. The molecule has 156 valence electrons. The van der Waals surface area contributed by atoms with E-state index in [2.05, 4.69) is 5.32 Å². The van der Waals surface area contributed by atoms with Crippen molar-refractivity contribution in [1.82, 2.24) is 5.32 Å². The van der Waals surface area contributed by atoms with Gasteiger partial charge in [-0.2, -0.15) is 0 Å². The van der Waals surface area contributed by atoms with E-state index in [0.717, 1.165) is 4.90 Å². The van der Waals surface area contributed by atoms with Crippen molar-refractivity contribution < 1.29 is 23.9 Å². The highest BCUT2D eigenvalue weighted by atomic mass is 35.5. The monoisotopic (exact) mass is 428 g/mol. The molecular formula is C22H21ClN2O5. The molecule has 4 amide bonds. The summed E-state index contributed by atoms with van der Waals surface area (Å²) in [4.78, 5) is 38.8. The number of urea groups is 1. The topological polar surface area (TPSA) is 84.9 Å². The van der Waals surface area contributed by atoms with Crippen LogP contribution < -0.4 is 19.7 Å². The SMILES string of the molecule is CCOc1ccc(/C=C2\C(=O)NC(=O)N(c3cccc(Cl)c3C)C2=O)cc1OCC. The second-order valence-electron chi connectivity index (χ2n) is 6.41. The molecule has 0 unspecified atom stereocenters. The van der Waals surface area contributed by atoms with Gasteiger partial charge in [-0.25, -0.2) is 9.69 Å². The van der Waals surface area contributed by atoms with Crippen LogP contribution in [-0.4, -0.2) is 31.1 Å². The summed E-state index contributed by atoms with van der Waals surface area (Å²) < 4.78 is 11.1. The molecule has 7 nitrogen and oxygen atoms in total. The van der Waals surface area contributed by atoms with E-state index in [-0.39, 0.29) is 5.57 Å². The van der Waals surface area contributed by atoms with Crippen LogP contribution in [0.1, 0.15) is 25.0 Å². The lowest BCUT2D eigenvalue weighted by Crippen LogP contribution is -2.54. The van der Waals surface area contributed by atoms with Crippen LogP contribution in [-0.2, 0) is 9.59 Å². The van der Waals surface area contributed by atoms with Crippen LogP contribution in [0.4, 0.5) is 10.5 Å². The lowest BCUT2D eigenvalue weighted by Gasteiger charge is -2.27. The van der Waals surface area contributed by atoms with Crippen molar-refractivity contribution in [2.75, 3.05) is 18.1 Å². The summed E-state index contributed by atoms with van der Waals surface area (Å²) in [7, 11) is 0. The number of rotatable bonds is 6. The lowest BCUT2D eigenvalue weighted by atomic mass is 10.1. The second-order valence-corrected chi connectivity index (χ2v) is 6.82. The number of amides is 4. The average molecular weight is 429 g/mol. The van der Waals surface area contributed by atoms with Crippen molar-refractivity contribution in [1.29, 1.82) is 0 Å². The number of barbiturate groups is 1. The van der Waals surface area contributed by atoms with Crippen LogP contribution in [0.15, 0.2) is 42.0 Å². The smallest absolute Gasteiger partial charge is 0.335 e. The van der Waals surface area contributed by atoms with Gasteiger partial charge in [0, 0.05) is 5.02 Å². The molecule has 8 heteroatoms. The van der Waals surface area contributed by atoms with Gasteiger partial charge >= 0.3 is 6.03 Å². The van der Waals surface area contributed by atoms with Crippen molar-refractivity contribution in [3.8, 4) is 11.5 Å². The zero-order chi connectivity index (χ0) is 21.8. The highest BCUT2D eigenvalue weighted by Gasteiger charge is 2.37. The maximum absolute atomic E-state index is 13.1. The molecule has 1 heterocycles. The molecule has 0 bridgehead atoms. The van der Waals surface area contributed by atoms with E-state index in [0.29, 0.717) is 46.5 Å². The Balaban J connectivity index is 2.02. The van der Waals surface area contributed by atoms with Crippen LogP contribution in [0.5, 0.6) is 11.5 Å². The minimum atomic E-state index is -0.825. The molecule has 1 N–H and O–H groups in total. The fourth-order valence-corrected chi connectivity index (χ4v) is 3.21. The summed E-state index contributed by atoms with van der Waals surface area (Å²) in [6.45, 7) is 6.29. The number of imide groups is 2. The van der Waals surface area contributed by atoms with Crippen molar-refractivity contribution in [2.24, 2.45) is 0 Å². The number of nitrogens with zero attached hydrogens (tertiary/aromatic N) is 1. The number of ether oxygens (including phenoxy) is 2. The van der Waals surface area contributed by atoms with Gasteiger partial charge in [-0.3, -0.25) is 14.9 Å². The van der Waals surface area contributed by atoms with Crippen molar-refractivity contribution in [3.63, 3.8) is 0 Å². The van der Waals surface area contributed by atoms with E-state index >= 15 is 0 Å². The van der Waals surface area contributed by atoms with Gasteiger partial charge in [0.2, 0.25) is 0 Å². The number of anilines is 1. The average Bonchev–Trinajstić information content (AvgIpc) is 2.70. The normalized spacial score (nSPS) is 15.4. The third-order valence-corrected chi connectivity index (χ3v) is 4.87. The van der Waals surface area contributed by atoms with Gasteiger partial charge in [0.25, 0.3) is 11.8 Å². The Labute approximate surface area is 179 Å². The first-order valence-electron chi connectivity index (χ1n) is 9.43. The molecule has 1 aliphatic rings. The number of carbonyl (C=O) groups is 3. The van der Waals surface area contributed by atoms with Gasteiger partial charge in [-0.05, 0) is 62.2 Å². The van der Waals surface area contributed by atoms with Gasteiger partial charge in [0.1, 0.15) is 5.57 Å². The number of carbonyl (C=O) groups excluding carboxylic acids is 3. The molecular weight excluding hydrogens is 408 g/mol. The van der Waals surface area contributed by atoms with E-state index in [1.807, 2.05) is 13.8 Å². The van der Waals surface area contributed by atoms with E-state index in [1.165, 1.54) is 6.08 Å². The zero-order valence-corrected chi connectivity index (χ0v) is 17.6. The van der Waals surface area contributed by atoms with Gasteiger partial charge in [-0.15, -0.1) is 0 Å². The molecule has 0 spiro atoms. The van der Waals surface area contributed by atoms with Gasteiger partial charge < -0.3 is 9.47 Å². The van der Waals surface area contributed by atoms with Crippen molar-refractivity contribution >= 4 is 41.2 Å². The first kappa shape index (κ1) is 21.4. The standard InChI is InChI=1S/C22H21ClN2O5/c1-4-29-18-10-9-14(12-19(18)30-5-2)11-15-20(26)24-22(28)25(21(15)27)17-8-6-7-16(23)13(17)3/h6-12H,4-5H2,1-3H3,(H,24,26,28)/b15-11+. The predicted molar refractivity (Wildman–Crippen MR) is 114 cm³/mol. The lowest BCUT2D eigenvalue weighted by molar-refractivity contribution is -0.122. The summed E-state index contributed by atoms with van der Waals surface area (Å²) in [6, 6.07) is 9.14. The first-order chi connectivity index (χ1) is 14.4. The summed E-state index contributed by atoms with van der Waals surface area (Å²) >= 11 is 6.13. The maximum Gasteiger partial charge on any atom is 0.335 e. The summed E-state index contributed by atoms with van der Waals surface area (Å²) in [5, 5.41) is 2.61. The van der Waals surface area contributed by atoms with Crippen LogP contribution in [0.25, 0.3) is 6.08 Å². The minimum Gasteiger partial charge on any atom is -0.490 e. The van der Waals surface area contributed by atoms with Crippen molar-refractivity contribution in [3.05, 3.63) is 58.1 Å². The quantitative estimate of drug-likeness (QED) is 0.552. The minimum absolute atomic E-state index is 0.180. The summed E-state index contributed by atoms with van der Waals surface area (Å²) in [5.41, 5.74) is 1.24. The fraction of sp³-hybridized carbons (Fsp3) is 0.227. The molecule has 1 fully saturated rings. The molecule has 0 aliphatic carbocycles. The van der Waals surface area contributed by atoms with E-state index in [4.69, 9.17) is 21.1 Å². The third-order valence-electron chi connectivity index (χ3n) is 4.46. The Kier molecular flexibility index (Phi) is 6.42. The Bertz CT molecular complexity index is 1050. The van der Waals surface area contributed by atoms with Gasteiger partial charge in [-0.1, -0.05) is 23.7 Å². The zero-order valence-electron chi connectivity index (χ0n) is 16.8. The summed E-state index contributed by atoms with van der Waals surface area (Å²) in [6.07, 6.45) is 1.41. The number of hydrogen-bond donors (Lipinski definition) is 1. The van der Waals surface area contributed by atoms with E-state index in [1.54, 1.807) is 43.3 Å². The Morgan fingerprint density at radius 1 is 1.03 bits per heavy atom. The number of benzene rings is 2. The van der Waals surface area contributed by atoms with E-state index in [9.17, 15) is 14.4 Å². The highest BCUT2D eigenvalue weighted by molar-refractivity contribution is 6.39. The maximum atomic E-state index is 13.1. The number of nitrogens with one attached hydrogen (secondary N) is 1. The first-order valence-corrected chi connectivity index (χ1v) is 9.81. The predicted octanol–water partition coefficient (Wildman–Crippen LogP) is 4.11. The van der Waals surface area contributed by atoms with Crippen molar-refractivity contribution in [2.45, 2.75) is 20.8 Å². The van der Waals surface area contributed by atoms with Crippen LogP contribution in [0, 0.1) is 6.92 Å². The van der Waals surface area contributed by atoms with Crippen LogP contribution in [0.2, 0.25) is 5.02 Å². The largest absolute Gasteiger partial charge is 0.490 e. The van der Waals surface area contributed by atoms with Gasteiger partial charge in [0.05, 0.1) is 18.9 Å². The van der Waals surface area contributed by atoms with E-state index < -0.39 is 17.8 Å². The number of halogens is 1. The molecule has 3 rings (SSSR count). The molecule has 1 aliphatic heterocycles. The molecule has 0 saturated carbocycles. The number of hydrogen-bond acceptors (Lipinski definition) is 5. The van der Waals surface area contributed by atoms with Crippen LogP contribution in [0.3, 0.4) is 0 Å². The second kappa shape index (κ2) is 9.00. The molecule has 1 saturated heterocycles. The Morgan fingerprint density at radius 2 is 1.73 bits per heavy atom. The molecule has 0 atom stereocenters.